The van der Waals surface area contributed by atoms with Gasteiger partial charge in [0.2, 0.25) is 0 Å². The summed E-state index contributed by atoms with van der Waals surface area (Å²) >= 11 is 1.38. The molecule has 4 nitrogen and oxygen atoms in total. The molecule has 0 aliphatic rings. The molecule has 14 heavy (non-hydrogen) atoms. The molecule has 0 atom stereocenters. The Bertz CT molecular complexity index is 519. The summed E-state index contributed by atoms with van der Waals surface area (Å²) in [4.78, 5) is 10.3. The van der Waals surface area contributed by atoms with Gasteiger partial charge in [-0.1, -0.05) is 0 Å². The van der Waals surface area contributed by atoms with Crippen molar-refractivity contribution < 1.29 is 4.92 Å². The molecule has 0 saturated heterocycles. The van der Waals surface area contributed by atoms with Crippen molar-refractivity contribution in [3.63, 3.8) is 0 Å². The molecule has 0 aliphatic heterocycles. The van der Waals surface area contributed by atoms with Crippen molar-refractivity contribution in [2.24, 2.45) is 0 Å². The number of nitrogen functional groups attached to an aromatic ring is 1. The van der Waals surface area contributed by atoms with Crippen LogP contribution in [0.2, 0.25) is 0 Å². The Labute approximate surface area is 84.1 Å². The van der Waals surface area contributed by atoms with Crippen LogP contribution < -0.4 is 5.73 Å². The summed E-state index contributed by atoms with van der Waals surface area (Å²) in [5.74, 6) is 0. The van der Waals surface area contributed by atoms with Gasteiger partial charge in [0, 0.05) is 10.4 Å². The third kappa shape index (κ3) is 1.22. The Morgan fingerprint density at radius 2 is 2.21 bits per heavy atom. The Kier molecular flexibility index (Phi) is 1.89. The van der Waals surface area contributed by atoms with E-state index in [1.807, 2.05) is 13.0 Å². The van der Waals surface area contributed by atoms with Crippen molar-refractivity contribution in [3.8, 4) is 0 Å². The largest absolute Gasteiger partial charge is 0.399 e. The molecular formula is C9H8N2O2S. The summed E-state index contributed by atoms with van der Waals surface area (Å²) < 4.78 is 0.936. The van der Waals surface area contributed by atoms with Gasteiger partial charge < -0.3 is 5.73 Å². The van der Waals surface area contributed by atoms with Crippen molar-refractivity contribution in [1.82, 2.24) is 0 Å². The molecule has 2 aromatic rings. The summed E-state index contributed by atoms with van der Waals surface area (Å²) in [6.45, 7) is 1.90. The number of benzene rings is 1. The minimum absolute atomic E-state index is 0.139. The van der Waals surface area contributed by atoms with Gasteiger partial charge in [-0.25, -0.2) is 0 Å². The SMILES string of the molecule is Cc1cc(N)cc2c([N+](=O)[O-])csc12. The monoisotopic (exact) mass is 208 g/mol. The smallest absolute Gasteiger partial charge is 0.287 e. The molecule has 0 unspecified atom stereocenters. The molecule has 1 aromatic heterocycles. The fraction of sp³-hybridized carbons (Fsp3) is 0.111. The van der Waals surface area contributed by atoms with Crippen molar-refractivity contribution >= 4 is 32.8 Å². The minimum Gasteiger partial charge on any atom is -0.399 e. The first kappa shape index (κ1) is 8.96. The van der Waals surface area contributed by atoms with E-state index in [0.29, 0.717) is 11.1 Å². The zero-order valence-electron chi connectivity index (χ0n) is 7.48. The first-order valence-electron chi connectivity index (χ1n) is 4.01. The van der Waals surface area contributed by atoms with Crippen LogP contribution in [0.25, 0.3) is 10.1 Å². The second-order valence-corrected chi connectivity index (χ2v) is 3.97. The molecule has 2 N–H and O–H groups in total. The normalized spacial score (nSPS) is 10.6. The number of hydrogen-bond donors (Lipinski definition) is 1. The van der Waals surface area contributed by atoms with E-state index in [4.69, 9.17) is 5.73 Å². The van der Waals surface area contributed by atoms with Crippen molar-refractivity contribution in [2.75, 3.05) is 5.73 Å². The highest BCUT2D eigenvalue weighted by molar-refractivity contribution is 7.18. The summed E-state index contributed by atoms with van der Waals surface area (Å²) in [6, 6.07) is 3.47. The number of rotatable bonds is 1. The van der Waals surface area contributed by atoms with Crippen LogP contribution in [-0.2, 0) is 0 Å². The maximum atomic E-state index is 10.7. The molecule has 1 aromatic carbocycles. The van der Waals surface area contributed by atoms with Crippen LogP contribution >= 0.6 is 11.3 Å². The number of fused-ring (bicyclic) bond motifs is 1. The molecule has 0 aliphatic carbocycles. The maximum absolute atomic E-state index is 10.7. The van der Waals surface area contributed by atoms with E-state index in [9.17, 15) is 10.1 Å². The summed E-state index contributed by atoms with van der Waals surface area (Å²) in [5.41, 5.74) is 7.32. The van der Waals surface area contributed by atoms with E-state index in [-0.39, 0.29) is 10.6 Å². The number of aryl methyl sites for hydroxylation is 1. The van der Waals surface area contributed by atoms with E-state index in [0.717, 1.165) is 10.3 Å². The summed E-state index contributed by atoms with van der Waals surface area (Å²) in [7, 11) is 0. The Morgan fingerprint density at radius 1 is 1.50 bits per heavy atom. The van der Waals surface area contributed by atoms with Gasteiger partial charge in [0.05, 0.1) is 15.7 Å². The van der Waals surface area contributed by atoms with Crippen molar-refractivity contribution in [1.29, 1.82) is 0 Å². The van der Waals surface area contributed by atoms with Crippen LogP contribution in [-0.4, -0.2) is 4.92 Å². The first-order chi connectivity index (χ1) is 6.59. The van der Waals surface area contributed by atoms with Gasteiger partial charge >= 0.3 is 0 Å². The lowest BCUT2D eigenvalue weighted by molar-refractivity contribution is -0.382. The van der Waals surface area contributed by atoms with Gasteiger partial charge in [-0.05, 0) is 24.6 Å². The first-order valence-corrected chi connectivity index (χ1v) is 4.89. The van der Waals surface area contributed by atoms with Crippen molar-refractivity contribution in [2.45, 2.75) is 6.92 Å². The third-order valence-corrected chi connectivity index (χ3v) is 3.18. The number of nitro groups is 1. The van der Waals surface area contributed by atoms with Crippen molar-refractivity contribution in [3.05, 3.63) is 33.2 Å². The Balaban J connectivity index is 2.85. The van der Waals surface area contributed by atoms with Crippen LogP contribution in [0.15, 0.2) is 17.5 Å². The highest BCUT2D eigenvalue weighted by Crippen LogP contribution is 2.35. The second kappa shape index (κ2) is 2.95. The number of nitrogens with zero attached hydrogens (tertiary/aromatic N) is 1. The van der Waals surface area contributed by atoms with E-state index < -0.39 is 0 Å². The topological polar surface area (TPSA) is 69.2 Å². The molecule has 0 radical (unpaired) electrons. The van der Waals surface area contributed by atoms with Gasteiger partial charge in [-0.2, -0.15) is 0 Å². The second-order valence-electron chi connectivity index (χ2n) is 3.09. The molecule has 2 rings (SSSR count). The van der Waals surface area contributed by atoms with Gasteiger partial charge in [0.1, 0.15) is 0 Å². The number of anilines is 1. The van der Waals surface area contributed by atoms with E-state index in [1.54, 1.807) is 11.4 Å². The van der Waals surface area contributed by atoms with E-state index in [1.165, 1.54) is 11.3 Å². The van der Waals surface area contributed by atoms with Crippen LogP contribution in [0, 0.1) is 17.0 Å². The van der Waals surface area contributed by atoms with Crippen LogP contribution in [0.4, 0.5) is 11.4 Å². The predicted octanol–water partition coefficient (Wildman–Crippen LogP) is 2.70. The summed E-state index contributed by atoms with van der Waals surface area (Å²) in [5, 5.41) is 12.9. The average molecular weight is 208 g/mol. The highest BCUT2D eigenvalue weighted by atomic mass is 32.1. The van der Waals surface area contributed by atoms with E-state index in [2.05, 4.69) is 0 Å². The number of hydrogen-bond acceptors (Lipinski definition) is 4. The lowest BCUT2D eigenvalue weighted by Gasteiger charge is -1.97. The highest BCUT2D eigenvalue weighted by Gasteiger charge is 2.15. The van der Waals surface area contributed by atoms with Crippen LogP contribution in [0.5, 0.6) is 0 Å². The molecule has 5 heteroatoms. The lowest BCUT2D eigenvalue weighted by atomic mass is 10.1. The maximum Gasteiger partial charge on any atom is 0.287 e. The molecule has 1 heterocycles. The number of nitrogens with two attached hydrogens (primary N) is 1. The van der Waals surface area contributed by atoms with Crippen LogP contribution in [0.3, 0.4) is 0 Å². The molecule has 0 bridgehead atoms. The zero-order valence-corrected chi connectivity index (χ0v) is 8.30. The average Bonchev–Trinajstić information content (AvgIpc) is 2.47. The Morgan fingerprint density at radius 3 is 2.86 bits per heavy atom. The number of thiophene rings is 1. The van der Waals surface area contributed by atoms with Gasteiger partial charge in [-0.15, -0.1) is 11.3 Å². The molecule has 0 saturated carbocycles. The third-order valence-electron chi connectivity index (χ3n) is 2.06. The van der Waals surface area contributed by atoms with Gasteiger partial charge in [-0.3, -0.25) is 10.1 Å². The Hall–Kier alpha value is -1.62. The molecule has 0 amide bonds. The minimum atomic E-state index is -0.377. The van der Waals surface area contributed by atoms with Gasteiger partial charge in [0.25, 0.3) is 5.69 Å². The molecule has 0 fully saturated rings. The fourth-order valence-electron chi connectivity index (χ4n) is 1.47. The standard InChI is InChI=1S/C9H8N2O2S/c1-5-2-6(10)3-7-8(11(12)13)4-14-9(5)7/h2-4H,10H2,1H3. The van der Waals surface area contributed by atoms with Gasteiger partial charge in [0.15, 0.2) is 0 Å². The van der Waals surface area contributed by atoms with E-state index >= 15 is 0 Å². The lowest BCUT2D eigenvalue weighted by Crippen LogP contribution is -1.88. The molecule has 0 spiro atoms. The quantitative estimate of drug-likeness (QED) is 0.445. The molecule has 72 valence electrons. The zero-order chi connectivity index (χ0) is 10.3. The van der Waals surface area contributed by atoms with Crippen LogP contribution in [0.1, 0.15) is 5.56 Å². The summed E-state index contributed by atoms with van der Waals surface area (Å²) in [6.07, 6.45) is 0. The predicted molar refractivity (Wildman–Crippen MR) is 57.6 cm³/mol. The molecular weight excluding hydrogens is 200 g/mol. The fourth-order valence-corrected chi connectivity index (χ4v) is 2.45.